The molecule has 0 spiro atoms. The van der Waals surface area contributed by atoms with Crippen LogP contribution >= 0.6 is 0 Å². The van der Waals surface area contributed by atoms with Gasteiger partial charge in [-0.1, -0.05) is 44.0 Å². The van der Waals surface area contributed by atoms with Crippen LogP contribution in [0.25, 0.3) is 10.8 Å². The molecule has 1 aromatic heterocycles. The topological polar surface area (TPSA) is 35.4 Å². The van der Waals surface area contributed by atoms with E-state index < -0.39 is 0 Å². The first kappa shape index (κ1) is 14.9. The van der Waals surface area contributed by atoms with Crippen molar-refractivity contribution in [1.82, 2.24) is 4.98 Å². The predicted octanol–water partition coefficient (Wildman–Crippen LogP) is 3.32. The zero-order valence-corrected chi connectivity index (χ0v) is 12.0. The van der Waals surface area contributed by atoms with Crippen molar-refractivity contribution in [2.24, 2.45) is 0 Å². The van der Waals surface area contributed by atoms with Gasteiger partial charge in [0.1, 0.15) is 5.75 Å². The normalized spacial score (nSPS) is 10.2. The van der Waals surface area contributed by atoms with Crippen molar-refractivity contribution in [1.29, 1.82) is 0 Å². The Kier molecular flexibility index (Phi) is 5.57. The van der Waals surface area contributed by atoms with E-state index in [2.05, 4.69) is 23.3 Å². The number of ether oxygens (including phenoxy) is 1. The Labute approximate surface area is 119 Å². The zero-order valence-electron chi connectivity index (χ0n) is 11.0. The number of nitrogens with zero attached hydrogens (tertiary/aromatic N) is 1. The van der Waals surface area contributed by atoms with E-state index in [9.17, 15) is 0 Å². The van der Waals surface area contributed by atoms with Crippen molar-refractivity contribution in [3.63, 3.8) is 0 Å². The maximum Gasteiger partial charge on any atom is 1.00 e. The van der Waals surface area contributed by atoms with Crippen molar-refractivity contribution in [2.45, 2.75) is 26.7 Å². The summed E-state index contributed by atoms with van der Waals surface area (Å²) in [6.45, 7) is 4.96. The molecule has 4 heteroatoms. The number of nitrogens with one attached hydrogen (secondary N) is 1. The molecular weight excluding hydrogens is 276 g/mol. The third-order valence-corrected chi connectivity index (χ3v) is 2.92. The van der Waals surface area contributed by atoms with Crippen LogP contribution in [0.5, 0.6) is 5.75 Å². The maximum atomic E-state index is 5.84. The summed E-state index contributed by atoms with van der Waals surface area (Å²) in [4.78, 5) is 4.51. The van der Waals surface area contributed by atoms with E-state index >= 15 is 0 Å². The number of anilines is 1. The van der Waals surface area contributed by atoms with Gasteiger partial charge >= 0.3 is 17.1 Å². The van der Waals surface area contributed by atoms with E-state index in [-0.39, 0.29) is 17.1 Å². The van der Waals surface area contributed by atoms with Crippen LogP contribution in [0.3, 0.4) is 0 Å². The summed E-state index contributed by atoms with van der Waals surface area (Å²) in [6.07, 6.45) is 2.23. The molecule has 0 aliphatic rings. The summed E-state index contributed by atoms with van der Waals surface area (Å²) in [5.74, 6) is 1.84. The van der Waals surface area contributed by atoms with E-state index in [1.807, 2.05) is 26.1 Å². The minimum atomic E-state index is 0. The van der Waals surface area contributed by atoms with Crippen LogP contribution in [0.2, 0.25) is 0 Å². The second-order valence-corrected chi connectivity index (χ2v) is 4.18. The molecule has 2 rings (SSSR count). The Morgan fingerprint density at radius 3 is 2.78 bits per heavy atom. The second-order valence-electron chi connectivity index (χ2n) is 4.18. The molecule has 0 radical (unpaired) electrons. The van der Waals surface area contributed by atoms with E-state index in [1.165, 1.54) is 5.39 Å². The Hall–Kier alpha value is -1.12. The van der Waals surface area contributed by atoms with Crippen molar-refractivity contribution >= 4 is 16.6 Å². The summed E-state index contributed by atoms with van der Waals surface area (Å²) >= 11 is 0. The molecule has 2 aromatic rings. The van der Waals surface area contributed by atoms with Gasteiger partial charge in [-0.15, -0.1) is 0 Å². The van der Waals surface area contributed by atoms with Crippen LogP contribution < -0.4 is 15.0 Å². The second kappa shape index (κ2) is 6.72. The molecule has 0 fully saturated rings. The first-order chi connectivity index (χ1) is 8.27. The van der Waals surface area contributed by atoms with Crippen LogP contribution in [0.1, 0.15) is 25.5 Å². The summed E-state index contributed by atoms with van der Waals surface area (Å²) in [6, 6.07) is 6.13. The van der Waals surface area contributed by atoms with Crippen molar-refractivity contribution in [2.75, 3.05) is 19.0 Å². The fourth-order valence-corrected chi connectivity index (χ4v) is 1.99. The number of hydrogen-bond acceptors (Lipinski definition) is 2. The minimum absolute atomic E-state index is 0. The molecule has 102 valence electrons. The first-order valence-electron chi connectivity index (χ1n) is 6.14. The largest absolute Gasteiger partial charge is 1.00 e. The number of fused-ring (bicyclic) bond motifs is 1. The molecule has 0 aliphatic heterocycles. The van der Waals surface area contributed by atoms with E-state index in [0.717, 1.165) is 42.1 Å². The Balaban J connectivity index is 0.00000162. The number of unbranched alkanes of at least 4 members (excludes halogenated alkanes) is 1. The molecule has 1 aromatic carbocycles. The summed E-state index contributed by atoms with van der Waals surface area (Å²) in [5, 5.41) is 5.40. The van der Waals surface area contributed by atoms with Crippen LogP contribution in [-0.2, 0) is 17.1 Å². The molecule has 3 nitrogen and oxygen atoms in total. The third-order valence-electron chi connectivity index (χ3n) is 2.92. The molecule has 0 saturated carbocycles. The quantitative estimate of drug-likeness (QED) is 0.679. The summed E-state index contributed by atoms with van der Waals surface area (Å²) in [5.41, 5.74) is 1.05. The van der Waals surface area contributed by atoms with E-state index in [1.54, 1.807) is 0 Å². The molecule has 0 saturated heterocycles. The number of aromatic nitrogens is 1. The smallest absolute Gasteiger partial charge is 0.493 e. The van der Waals surface area contributed by atoms with Gasteiger partial charge in [0.25, 0.3) is 0 Å². The predicted molar refractivity (Wildman–Crippen MR) is 72.0 cm³/mol. The number of benzene rings is 1. The Bertz CT molecular complexity index is 508. The molecule has 0 atom stereocenters. The Morgan fingerprint density at radius 2 is 2.11 bits per heavy atom. The van der Waals surface area contributed by atoms with Crippen LogP contribution in [-0.4, -0.2) is 13.7 Å². The van der Waals surface area contributed by atoms with E-state index in [4.69, 9.17) is 4.74 Å². The van der Waals surface area contributed by atoms with Crippen LogP contribution in [0.15, 0.2) is 18.2 Å². The van der Waals surface area contributed by atoms with E-state index in [0.29, 0.717) is 0 Å². The molecule has 0 bridgehead atoms. The van der Waals surface area contributed by atoms with Gasteiger partial charge in [-0.2, -0.15) is 0 Å². The molecule has 0 unspecified atom stereocenters. The first-order valence-corrected chi connectivity index (χ1v) is 6.14. The minimum Gasteiger partial charge on any atom is -0.493 e. The van der Waals surface area contributed by atoms with Gasteiger partial charge in [0, 0.05) is 5.39 Å². The number of hydrogen-bond donors (Lipinski definition) is 1. The summed E-state index contributed by atoms with van der Waals surface area (Å²) < 4.78 is 5.84. The van der Waals surface area contributed by atoms with Gasteiger partial charge in [0.2, 0.25) is 0 Å². The fraction of sp³-hybridized carbons (Fsp3) is 0.429. The van der Waals surface area contributed by atoms with Crippen molar-refractivity contribution in [3.8, 4) is 5.75 Å². The molecule has 18 heavy (non-hydrogen) atoms. The Morgan fingerprint density at radius 1 is 1.33 bits per heavy atom. The van der Waals surface area contributed by atoms with Gasteiger partial charge in [0.05, 0.1) is 6.61 Å². The van der Waals surface area contributed by atoms with Gasteiger partial charge in [-0.3, -0.25) is 0 Å². The van der Waals surface area contributed by atoms with Gasteiger partial charge in [-0.25, -0.2) is 0 Å². The molecule has 1 heterocycles. The van der Waals surface area contributed by atoms with Gasteiger partial charge in [-0.05, 0) is 24.8 Å². The fourth-order valence-electron chi connectivity index (χ4n) is 1.99. The molecule has 0 aliphatic carbocycles. The summed E-state index contributed by atoms with van der Waals surface area (Å²) in [7, 11) is 1.89. The SMILES string of the molecule is CCCCOc1cccc2c(C)[n-]c(NC)c12.[Cu+]. The van der Waals surface area contributed by atoms with Crippen LogP contribution in [0.4, 0.5) is 5.82 Å². The molecule has 1 N–H and O–H groups in total. The monoisotopic (exact) mass is 294 g/mol. The molecular formula is C14H19CuN2O. The van der Waals surface area contributed by atoms with Crippen molar-refractivity contribution < 1.29 is 21.8 Å². The van der Waals surface area contributed by atoms with Crippen molar-refractivity contribution in [3.05, 3.63) is 23.9 Å². The number of rotatable bonds is 5. The third kappa shape index (κ3) is 2.82. The molecule has 0 amide bonds. The van der Waals surface area contributed by atoms with Gasteiger partial charge in [0.15, 0.2) is 0 Å². The zero-order chi connectivity index (χ0) is 12.3. The maximum absolute atomic E-state index is 5.84. The van der Waals surface area contributed by atoms with Gasteiger partial charge < -0.3 is 15.0 Å². The average molecular weight is 295 g/mol. The average Bonchev–Trinajstić information content (AvgIpc) is 2.68. The standard InChI is InChI=1S/C14H19N2O.Cu/c1-4-5-9-17-12-8-6-7-11-10(2)16-14(15-3)13(11)12;/h6-8,15H,4-5,9H2,1-3H3;/q-1;+1. The van der Waals surface area contributed by atoms with Crippen LogP contribution in [0, 0.1) is 6.92 Å². The number of aryl methyl sites for hydroxylation is 1.